The summed E-state index contributed by atoms with van der Waals surface area (Å²) >= 11 is 0. The molecule has 0 radical (unpaired) electrons. The first-order chi connectivity index (χ1) is 14.5. The summed E-state index contributed by atoms with van der Waals surface area (Å²) in [7, 11) is 1.51. The van der Waals surface area contributed by atoms with Crippen LogP contribution in [-0.2, 0) is 11.3 Å². The van der Waals surface area contributed by atoms with Crippen molar-refractivity contribution in [1.82, 2.24) is 9.55 Å². The second-order valence-electron chi connectivity index (χ2n) is 6.83. The highest BCUT2D eigenvalue weighted by molar-refractivity contribution is 6.48. The summed E-state index contributed by atoms with van der Waals surface area (Å²) in [5.41, 5.74) is 1.43. The molecule has 0 aliphatic rings. The molecule has 6 nitrogen and oxygen atoms in total. The number of phenolic OH excluding ortho intramolecular Hbond substituents is 1. The lowest BCUT2D eigenvalue weighted by atomic mass is 10.1. The molecule has 1 N–H and O–H groups in total. The first-order valence-electron chi connectivity index (χ1n) is 9.24. The Morgan fingerprint density at radius 1 is 1.07 bits per heavy atom. The molecule has 0 fully saturated rings. The van der Waals surface area contributed by atoms with Crippen molar-refractivity contribution in [2.45, 2.75) is 6.54 Å². The van der Waals surface area contributed by atoms with E-state index in [1.165, 1.54) is 42.7 Å². The summed E-state index contributed by atoms with van der Waals surface area (Å²) in [6.07, 6.45) is 4.54. The van der Waals surface area contributed by atoms with Gasteiger partial charge in [0.15, 0.2) is 0 Å². The second kappa shape index (κ2) is 7.79. The molecule has 0 saturated heterocycles. The lowest BCUT2D eigenvalue weighted by molar-refractivity contribution is -0.114. The number of phenols is 1. The number of anilines is 1. The fourth-order valence-corrected chi connectivity index (χ4v) is 3.41. The number of ketones is 1. The van der Waals surface area contributed by atoms with Crippen molar-refractivity contribution in [3.8, 4) is 5.75 Å². The number of amides is 1. The van der Waals surface area contributed by atoms with Gasteiger partial charge in [0.1, 0.15) is 11.6 Å². The number of para-hydroxylation sites is 1. The van der Waals surface area contributed by atoms with E-state index in [0.717, 1.165) is 0 Å². The van der Waals surface area contributed by atoms with Gasteiger partial charge in [-0.15, -0.1) is 0 Å². The number of nitrogens with zero attached hydrogens (tertiary/aromatic N) is 3. The van der Waals surface area contributed by atoms with Crippen LogP contribution in [0.3, 0.4) is 0 Å². The Hall–Kier alpha value is -4.00. The van der Waals surface area contributed by atoms with Gasteiger partial charge in [-0.25, -0.2) is 4.39 Å². The zero-order chi connectivity index (χ0) is 21.3. The van der Waals surface area contributed by atoms with Gasteiger partial charge in [0, 0.05) is 42.3 Å². The number of benzene rings is 2. The smallest absolute Gasteiger partial charge is 0.299 e. The van der Waals surface area contributed by atoms with Crippen molar-refractivity contribution in [3.63, 3.8) is 0 Å². The third-order valence-corrected chi connectivity index (χ3v) is 4.97. The van der Waals surface area contributed by atoms with Gasteiger partial charge in [-0.3, -0.25) is 14.6 Å². The average molecular weight is 403 g/mol. The van der Waals surface area contributed by atoms with E-state index in [9.17, 15) is 19.1 Å². The van der Waals surface area contributed by atoms with Crippen LogP contribution in [-0.4, -0.2) is 33.4 Å². The van der Waals surface area contributed by atoms with E-state index in [4.69, 9.17) is 0 Å². The number of fused-ring (bicyclic) bond motifs is 1. The quantitative estimate of drug-likeness (QED) is 0.407. The topological polar surface area (TPSA) is 75.4 Å². The summed E-state index contributed by atoms with van der Waals surface area (Å²) in [5.74, 6) is -1.90. The van der Waals surface area contributed by atoms with E-state index in [2.05, 4.69) is 4.98 Å². The Labute approximate surface area is 171 Å². The monoisotopic (exact) mass is 403 g/mol. The predicted octanol–water partition coefficient (Wildman–Crippen LogP) is 3.78. The molecule has 7 heteroatoms. The molecule has 4 rings (SSSR count). The van der Waals surface area contributed by atoms with Crippen LogP contribution in [0.25, 0.3) is 10.9 Å². The van der Waals surface area contributed by atoms with Crippen LogP contribution in [0.2, 0.25) is 0 Å². The highest BCUT2D eigenvalue weighted by Crippen LogP contribution is 2.31. The Bertz CT molecular complexity index is 1250. The minimum Gasteiger partial charge on any atom is -0.506 e. The molecule has 150 valence electrons. The number of Topliss-reactive ketones (excluding diaryl/α,β-unsaturated/α-hetero) is 1. The van der Waals surface area contributed by atoms with Gasteiger partial charge in [0.25, 0.3) is 11.7 Å². The van der Waals surface area contributed by atoms with E-state index in [1.807, 2.05) is 0 Å². The number of hydrogen-bond donors (Lipinski definition) is 1. The largest absolute Gasteiger partial charge is 0.506 e. The maximum absolute atomic E-state index is 14.2. The minimum absolute atomic E-state index is 0.0576. The highest BCUT2D eigenvalue weighted by atomic mass is 19.1. The van der Waals surface area contributed by atoms with E-state index in [1.54, 1.807) is 47.0 Å². The summed E-state index contributed by atoms with van der Waals surface area (Å²) in [6.45, 7) is 0.0996. The van der Waals surface area contributed by atoms with Gasteiger partial charge in [-0.2, -0.15) is 0 Å². The normalized spacial score (nSPS) is 10.9. The van der Waals surface area contributed by atoms with E-state index in [-0.39, 0.29) is 17.9 Å². The SMILES string of the molecule is CN(C(=O)C(=O)c1cn(Cc2ccccc2F)c2c(O)cccc12)c1ccncc1. The molecule has 0 aliphatic heterocycles. The van der Waals surface area contributed by atoms with Crippen LogP contribution in [0.1, 0.15) is 15.9 Å². The van der Waals surface area contributed by atoms with Crippen molar-refractivity contribution in [2.24, 2.45) is 0 Å². The number of halogens is 1. The standard InChI is InChI=1S/C23H18FN3O3/c1-26(16-9-11-25-12-10-16)23(30)22(29)18-14-27(13-15-5-2-3-7-19(15)24)21-17(18)6-4-8-20(21)28/h2-12,14,28H,13H2,1H3. The van der Waals surface area contributed by atoms with Crippen LogP contribution in [0, 0.1) is 5.82 Å². The van der Waals surface area contributed by atoms with Crippen LogP contribution in [0.5, 0.6) is 5.75 Å². The van der Waals surface area contributed by atoms with Crippen molar-refractivity contribution in [1.29, 1.82) is 0 Å². The van der Waals surface area contributed by atoms with Crippen LogP contribution in [0.4, 0.5) is 10.1 Å². The van der Waals surface area contributed by atoms with Crippen molar-refractivity contribution < 1.29 is 19.1 Å². The molecule has 0 bridgehead atoms. The summed E-state index contributed by atoms with van der Waals surface area (Å²) in [6, 6.07) is 14.3. The lowest BCUT2D eigenvalue weighted by Gasteiger charge is -2.15. The predicted molar refractivity (Wildman–Crippen MR) is 111 cm³/mol. The maximum atomic E-state index is 14.2. The molecule has 4 aromatic rings. The molecule has 0 saturated carbocycles. The summed E-state index contributed by atoms with van der Waals surface area (Å²) in [5, 5.41) is 10.8. The molecular formula is C23H18FN3O3. The maximum Gasteiger partial charge on any atom is 0.299 e. The van der Waals surface area contributed by atoms with Gasteiger partial charge < -0.3 is 14.6 Å². The molecule has 1 amide bonds. The van der Waals surface area contributed by atoms with Gasteiger partial charge in [-0.1, -0.05) is 30.3 Å². The molecular weight excluding hydrogens is 385 g/mol. The summed E-state index contributed by atoms with van der Waals surface area (Å²) < 4.78 is 15.7. The van der Waals surface area contributed by atoms with Gasteiger partial charge in [0.2, 0.25) is 0 Å². The van der Waals surface area contributed by atoms with E-state index >= 15 is 0 Å². The highest BCUT2D eigenvalue weighted by Gasteiger charge is 2.26. The van der Waals surface area contributed by atoms with Gasteiger partial charge in [-0.05, 0) is 24.3 Å². The Balaban J connectivity index is 1.76. The molecule has 0 aliphatic carbocycles. The van der Waals surface area contributed by atoms with Crippen LogP contribution in [0.15, 0.2) is 73.2 Å². The number of carbonyl (C=O) groups excluding carboxylic acids is 2. The van der Waals surface area contributed by atoms with Gasteiger partial charge in [0.05, 0.1) is 17.6 Å². The van der Waals surface area contributed by atoms with Crippen molar-refractivity contribution in [3.05, 3.63) is 90.1 Å². The first kappa shape index (κ1) is 19.3. The zero-order valence-electron chi connectivity index (χ0n) is 16.1. The number of aromatic nitrogens is 2. The number of rotatable bonds is 5. The fourth-order valence-electron chi connectivity index (χ4n) is 3.41. The second-order valence-corrected chi connectivity index (χ2v) is 6.83. The Morgan fingerprint density at radius 2 is 1.80 bits per heavy atom. The van der Waals surface area contributed by atoms with Crippen LogP contribution >= 0.6 is 0 Å². The van der Waals surface area contributed by atoms with Crippen LogP contribution < -0.4 is 4.90 Å². The number of aromatic hydroxyl groups is 1. The van der Waals surface area contributed by atoms with Gasteiger partial charge >= 0.3 is 0 Å². The molecule has 0 atom stereocenters. The lowest BCUT2D eigenvalue weighted by Crippen LogP contribution is -2.33. The van der Waals surface area contributed by atoms with E-state index < -0.39 is 17.5 Å². The number of hydrogen-bond acceptors (Lipinski definition) is 4. The molecule has 0 spiro atoms. The Kier molecular flexibility index (Phi) is 5.02. The third kappa shape index (κ3) is 3.41. The molecule has 0 unspecified atom stereocenters. The van der Waals surface area contributed by atoms with E-state index in [0.29, 0.717) is 22.2 Å². The fraction of sp³-hybridized carbons (Fsp3) is 0.0870. The Morgan fingerprint density at radius 3 is 2.53 bits per heavy atom. The van der Waals surface area contributed by atoms with Crippen molar-refractivity contribution >= 4 is 28.3 Å². The minimum atomic E-state index is -0.727. The number of carbonyl (C=O) groups is 2. The average Bonchev–Trinajstić information content (AvgIpc) is 3.14. The first-order valence-corrected chi connectivity index (χ1v) is 9.24. The summed E-state index contributed by atoms with van der Waals surface area (Å²) in [4.78, 5) is 31.0. The number of pyridine rings is 1. The molecule has 2 aromatic heterocycles. The van der Waals surface area contributed by atoms with Crippen molar-refractivity contribution in [2.75, 3.05) is 11.9 Å². The molecule has 2 aromatic carbocycles. The number of likely N-dealkylation sites (N-methyl/N-ethyl adjacent to an activating group) is 1. The molecule has 2 heterocycles. The molecule has 30 heavy (non-hydrogen) atoms. The zero-order valence-corrected chi connectivity index (χ0v) is 16.1. The third-order valence-electron chi connectivity index (χ3n) is 4.97.